The lowest BCUT2D eigenvalue weighted by molar-refractivity contribution is -0.158. The van der Waals surface area contributed by atoms with Crippen molar-refractivity contribution in [1.29, 1.82) is 0 Å². The maximum Gasteiger partial charge on any atom is 0.264 e. The molecule has 4 amide bonds. The Hall–Kier alpha value is -7.06. The first-order valence-electron chi connectivity index (χ1n) is 25.1. The summed E-state index contributed by atoms with van der Waals surface area (Å²) in [6.45, 7) is 9.61. The van der Waals surface area contributed by atoms with Crippen LogP contribution >= 0.6 is 0 Å². The molecule has 2 unspecified atom stereocenters. The van der Waals surface area contributed by atoms with E-state index in [0.717, 1.165) is 57.8 Å². The van der Waals surface area contributed by atoms with Gasteiger partial charge >= 0.3 is 0 Å². The fraction of sp³-hybridized carbons (Fsp3) is 0.434. The smallest absolute Gasteiger partial charge is 0.264 e. The van der Waals surface area contributed by atoms with Crippen molar-refractivity contribution in [2.45, 2.75) is 116 Å². The van der Waals surface area contributed by atoms with E-state index in [1.54, 1.807) is 71.5 Å². The number of carbonyl (C=O) groups excluding carboxylic acids is 5. The first-order chi connectivity index (χ1) is 35.0. The van der Waals surface area contributed by atoms with Crippen LogP contribution in [0.3, 0.4) is 0 Å². The number of ether oxygens (including phenoxy) is 2. The molecule has 0 aliphatic carbocycles. The number of aryl methyl sites for hydroxylation is 2. The minimum Gasteiger partial charge on any atom is -0.487 e. The largest absolute Gasteiger partial charge is 0.487 e. The summed E-state index contributed by atoms with van der Waals surface area (Å²) in [5, 5.41) is 14.4. The molecule has 2 fully saturated rings. The van der Waals surface area contributed by atoms with Crippen molar-refractivity contribution in [2.75, 3.05) is 31.3 Å². The van der Waals surface area contributed by atoms with Gasteiger partial charge in [-0.15, -0.1) is 5.10 Å². The second-order valence-electron chi connectivity index (χ2n) is 20.8. The topological polar surface area (TPSA) is 170 Å². The number of aromatic nitrogens is 6. The molecule has 10 rings (SSSR count). The molecule has 3 aromatic heterocycles. The Labute approximate surface area is 422 Å². The maximum absolute atomic E-state index is 14.9. The molecular formula is C53H60F2N10O7Si. The van der Waals surface area contributed by atoms with Crippen LogP contribution in [0.25, 0.3) is 21.9 Å². The first-order valence-corrected chi connectivity index (χ1v) is 28.8. The molecule has 20 heteroatoms. The molecule has 382 valence electrons. The number of likely N-dealkylation sites (tertiary alicyclic amines) is 2. The Morgan fingerprint density at radius 1 is 0.904 bits per heavy atom. The summed E-state index contributed by atoms with van der Waals surface area (Å²) in [5.41, 5.74) is 5.79. The van der Waals surface area contributed by atoms with Crippen molar-refractivity contribution in [3.8, 4) is 16.9 Å². The number of rotatable bonds is 15. The third-order valence-electron chi connectivity index (χ3n) is 14.5. The minimum absolute atomic E-state index is 0.00349. The van der Waals surface area contributed by atoms with Crippen molar-refractivity contribution in [3.05, 3.63) is 107 Å². The number of imide groups is 1. The third-order valence-corrected chi connectivity index (χ3v) is 16.2. The molecule has 0 bridgehead atoms. The Bertz CT molecular complexity index is 3140. The molecule has 0 radical (unpaired) electrons. The average molecular weight is 1020 g/mol. The Kier molecular flexibility index (Phi) is 13.6. The second-order valence-corrected chi connectivity index (χ2v) is 26.4. The Balaban J connectivity index is 0.842. The van der Waals surface area contributed by atoms with Crippen LogP contribution in [-0.2, 0) is 52.3 Å². The summed E-state index contributed by atoms with van der Waals surface area (Å²) in [4.78, 5) is 73.9. The van der Waals surface area contributed by atoms with Gasteiger partial charge in [0.1, 0.15) is 37.4 Å². The minimum atomic E-state index is -2.73. The monoisotopic (exact) mass is 1010 g/mol. The van der Waals surface area contributed by atoms with Crippen LogP contribution in [0.5, 0.6) is 5.75 Å². The number of fused-ring (bicyclic) bond motifs is 3. The molecular weight excluding hydrogens is 955 g/mol. The molecule has 0 spiro atoms. The highest BCUT2D eigenvalue weighted by molar-refractivity contribution is 6.76. The lowest BCUT2D eigenvalue weighted by Gasteiger charge is -2.37. The summed E-state index contributed by atoms with van der Waals surface area (Å²) >= 11 is 0. The van der Waals surface area contributed by atoms with E-state index in [2.05, 4.69) is 46.0 Å². The van der Waals surface area contributed by atoms with Gasteiger partial charge in [0.2, 0.25) is 17.7 Å². The number of carbonyl (C=O) groups is 5. The van der Waals surface area contributed by atoms with Crippen molar-refractivity contribution in [3.63, 3.8) is 0 Å². The average Bonchev–Trinajstić information content (AvgIpc) is 4.19. The fourth-order valence-corrected chi connectivity index (χ4v) is 11.4. The van der Waals surface area contributed by atoms with Gasteiger partial charge in [-0.05, 0) is 97.7 Å². The van der Waals surface area contributed by atoms with Gasteiger partial charge in [0, 0.05) is 105 Å². The number of anilines is 2. The molecule has 73 heavy (non-hydrogen) atoms. The molecule has 3 aromatic carbocycles. The van der Waals surface area contributed by atoms with Crippen LogP contribution in [0.2, 0.25) is 25.7 Å². The molecule has 17 nitrogen and oxygen atoms in total. The first kappa shape index (κ1) is 49.5. The van der Waals surface area contributed by atoms with E-state index in [9.17, 15) is 32.8 Å². The molecule has 4 aliphatic rings. The molecule has 7 heterocycles. The number of benzene rings is 3. The second kappa shape index (κ2) is 20.1. The molecule has 0 saturated carbocycles. The van der Waals surface area contributed by atoms with E-state index >= 15 is 0 Å². The predicted octanol–water partition coefficient (Wildman–Crippen LogP) is 8.43. The van der Waals surface area contributed by atoms with Crippen LogP contribution in [0.1, 0.15) is 101 Å². The number of hydrogen-bond donors (Lipinski definition) is 0. The van der Waals surface area contributed by atoms with Gasteiger partial charge in [-0.2, -0.15) is 5.10 Å². The highest BCUT2D eigenvalue weighted by Crippen LogP contribution is 2.45. The van der Waals surface area contributed by atoms with Gasteiger partial charge in [-0.25, -0.2) is 13.5 Å². The van der Waals surface area contributed by atoms with Crippen LogP contribution < -0.4 is 9.64 Å². The Morgan fingerprint density at radius 2 is 1.74 bits per heavy atom. The summed E-state index contributed by atoms with van der Waals surface area (Å²) in [6.07, 6.45) is 10.1. The number of nitrogens with zero attached hydrogens (tertiary/aromatic N) is 10. The SMILES string of the molecule is CC(=O)n1cc2cc(C3CCCCN3C(=O)Cn3cc(COc4cccc5c4CN(C4CCC(=O)N(COCC[Si](C)(C)C)C4=O)C5=O)nn3)cc(N3CCCc4cc(-c5cnn(C)c5)c(C(F)F)cc43)c2c1. The van der Waals surface area contributed by atoms with Crippen LogP contribution in [0, 0.1) is 0 Å². The van der Waals surface area contributed by atoms with E-state index in [1.807, 2.05) is 17.0 Å². The fourth-order valence-electron chi connectivity index (χ4n) is 10.7. The van der Waals surface area contributed by atoms with Crippen molar-refractivity contribution >= 4 is 59.8 Å². The Morgan fingerprint density at radius 3 is 2.51 bits per heavy atom. The van der Waals surface area contributed by atoms with Gasteiger partial charge in [0.15, 0.2) is 0 Å². The van der Waals surface area contributed by atoms with Crippen molar-refractivity contribution < 1.29 is 42.2 Å². The zero-order valence-electron chi connectivity index (χ0n) is 41.9. The van der Waals surface area contributed by atoms with Gasteiger partial charge in [-0.3, -0.25) is 38.1 Å². The summed E-state index contributed by atoms with van der Waals surface area (Å²) < 4.78 is 46.4. The summed E-state index contributed by atoms with van der Waals surface area (Å²) in [6, 6.07) is 12.5. The zero-order chi connectivity index (χ0) is 51.3. The maximum atomic E-state index is 14.9. The highest BCUT2D eigenvalue weighted by Gasteiger charge is 2.44. The van der Waals surface area contributed by atoms with E-state index in [-0.39, 0.29) is 74.5 Å². The number of amides is 4. The van der Waals surface area contributed by atoms with E-state index in [4.69, 9.17) is 9.47 Å². The lowest BCUT2D eigenvalue weighted by atomic mass is 9.91. The van der Waals surface area contributed by atoms with Crippen LogP contribution in [0.15, 0.2) is 73.4 Å². The summed E-state index contributed by atoms with van der Waals surface area (Å²) in [5.74, 6) is -0.943. The van der Waals surface area contributed by atoms with Crippen molar-refractivity contribution in [2.24, 2.45) is 7.05 Å². The number of halogens is 2. The molecule has 2 atom stereocenters. The molecule has 0 N–H and O–H groups in total. The highest BCUT2D eigenvalue weighted by atomic mass is 28.3. The quantitative estimate of drug-likeness (QED) is 0.0550. The van der Waals surface area contributed by atoms with Crippen LogP contribution in [-0.4, -0.2) is 114 Å². The van der Waals surface area contributed by atoms with E-state index < -0.39 is 26.4 Å². The van der Waals surface area contributed by atoms with E-state index in [1.165, 1.54) is 16.5 Å². The zero-order valence-corrected chi connectivity index (χ0v) is 42.9. The summed E-state index contributed by atoms with van der Waals surface area (Å²) in [7, 11) is 0.383. The van der Waals surface area contributed by atoms with Crippen molar-refractivity contribution in [1.82, 2.24) is 44.0 Å². The number of hydrogen-bond acceptors (Lipinski definition) is 11. The third kappa shape index (κ3) is 10.1. The van der Waals surface area contributed by atoms with Crippen LogP contribution in [0.4, 0.5) is 20.2 Å². The lowest BCUT2D eigenvalue weighted by Crippen LogP contribution is -2.55. The van der Waals surface area contributed by atoms with E-state index in [0.29, 0.717) is 71.9 Å². The molecule has 4 aliphatic heterocycles. The van der Waals surface area contributed by atoms with Gasteiger partial charge in [-0.1, -0.05) is 30.9 Å². The molecule has 6 aromatic rings. The predicted molar refractivity (Wildman–Crippen MR) is 270 cm³/mol. The standard InChI is InChI=1S/C53H60F2N10O7Si/c1-33(66)60-26-36-20-35(22-47(42(36)28-60)62-17-9-10-34-21-40(37-24-56-59(2)25-37)41(51(54)55)23-46(34)62)44-12-6-7-16-63(44)50(68)30-61-27-38(57-58-61)31-72-48-13-8-11-39-43(48)29-64(52(39)69)45-14-15-49(67)65(53(45)70)32-71-18-19-73(3,4)5/h8,11,13,20-28,44-45,51H,6-7,9-10,12,14-19,29-32H2,1-5H3. The van der Waals surface area contributed by atoms with Gasteiger partial charge < -0.3 is 24.2 Å². The number of alkyl halides is 2. The normalized spacial score (nSPS) is 18.3. The van der Waals surface area contributed by atoms with Gasteiger partial charge in [0.25, 0.3) is 18.2 Å². The number of piperidine rings is 2. The van der Waals surface area contributed by atoms with Gasteiger partial charge in [0.05, 0.1) is 30.7 Å². The molecule has 2 saturated heterocycles.